The second kappa shape index (κ2) is 2.49. The van der Waals surface area contributed by atoms with Crippen molar-refractivity contribution in [2.45, 2.75) is 43.8 Å². The molecular formula is C7H17N3. The fourth-order valence-corrected chi connectivity index (χ4v) is 1.84. The molecule has 10 heavy (non-hydrogen) atoms. The molecule has 2 atom stereocenters. The molecule has 3 heteroatoms. The molecule has 0 spiro atoms. The largest absolute Gasteiger partial charge is 0.328 e. The molecule has 1 rings (SSSR count). The number of nitrogens with two attached hydrogens (primary N) is 3. The quantitative estimate of drug-likeness (QED) is 0.429. The van der Waals surface area contributed by atoms with Gasteiger partial charge in [0.1, 0.15) is 0 Å². The highest BCUT2D eigenvalue weighted by Crippen LogP contribution is 2.23. The van der Waals surface area contributed by atoms with E-state index in [4.69, 9.17) is 17.2 Å². The fourth-order valence-electron chi connectivity index (χ4n) is 1.84. The highest BCUT2D eigenvalue weighted by molar-refractivity contribution is 4.93. The molecule has 1 aliphatic carbocycles. The maximum absolute atomic E-state index is 5.90. The third-order valence-corrected chi connectivity index (χ3v) is 2.06. The minimum atomic E-state index is -0.128. The first-order valence-corrected chi connectivity index (χ1v) is 3.80. The van der Waals surface area contributed by atoms with Crippen LogP contribution in [0.15, 0.2) is 0 Å². The van der Waals surface area contributed by atoms with Gasteiger partial charge >= 0.3 is 0 Å². The first kappa shape index (κ1) is 7.98. The van der Waals surface area contributed by atoms with Gasteiger partial charge in [0.05, 0.1) is 0 Å². The van der Waals surface area contributed by atoms with E-state index >= 15 is 0 Å². The Morgan fingerprint density at radius 3 is 1.90 bits per heavy atom. The van der Waals surface area contributed by atoms with Crippen LogP contribution in [0, 0.1) is 0 Å². The molecule has 1 aliphatic rings. The van der Waals surface area contributed by atoms with Crippen LogP contribution in [-0.4, -0.2) is 17.6 Å². The van der Waals surface area contributed by atoms with Crippen LogP contribution in [0.2, 0.25) is 0 Å². The molecule has 0 aromatic rings. The molecule has 60 valence electrons. The molecule has 2 unspecified atom stereocenters. The minimum absolute atomic E-state index is 0.128. The van der Waals surface area contributed by atoms with Gasteiger partial charge in [-0.1, -0.05) is 0 Å². The lowest BCUT2D eigenvalue weighted by atomic mass is 9.79. The Morgan fingerprint density at radius 2 is 1.60 bits per heavy atom. The predicted molar refractivity (Wildman–Crippen MR) is 42.4 cm³/mol. The second-order valence-electron chi connectivity index (χ2n) is 3.82. The molecule has 1 fully saturated rings. The Kier molecular flexibility index (Phi) is 1.99. The number of hydrogen-bond acceptors (Lipinski definition) is 3. The number of rotatable bonds is 0. The van der Waals surface area contributed by atoms with Crippen LogP contribution in [0.4, 0.5) is 0 Å². The topological polar surface area (TPSA) is 78.1 Å². The van der Waals surface area contributed by atoms with E-state index in [1.807, 2.05) is 6.92 Å². The van der Waals surface area contributed by atoms with E-state index in [9.17, 15) is 0 Å². The summed E-state index contributed by atoms with van der Waals surface area (Å²) in [5, 5.41) is 0. The van der Waals surface area contributed by atoms with Crippen molar-refractivity contribution in [3.8, 4) is 0 Å². The molecule has 0 aromatic heterocycles. The van der Waals surface area contributed by atoms with Gasteiger partial charge < -0.3 is 17.2 Å². The Labute approximate surface area is 61.9 Å². The molecular weight excluding hydrogens is 126 g/mol. The molecule has 0 aliphatic heterocycles. The zero-order chi connectivity index (χ0) is 7.78. The van der Waals surface area contributed by atoms with Gasteiger partial charge in [0.25, 0.3) is 0 Å². The van der Waals surface area contributed by atoms with E-state index in [2.05, 4.69) is 0 Å². The van der Waals surface area contributed by atoms with Gasteiger partial charge in [-0.05, 0) is 26.2 Å². The van der Waals surface area contributed by atoms with Crippen molar-refractivity contribution >= 4 is 0 Å². The average Bonchev–Trinajstić information content (AvgIpc) is 1.54. The Bertz CT molecular complexity index is 110. The Balaban J connectivity index is 2.51. The van der Waals surface area contributed by atoms with Crippen molar-refractivity contribution in [1.82, 2.24) is 0 Å². The Morgan fingerprint density at radius 1 is 1.20 bits per heavy atom. The first-order chi connectivity index (χ1) is 4.49. The highest BCUT2D eigenvalue weighted by Gasteiger charge is 2.30. The molecule has 0 amide bonds. The predicted octanol–water partition coefficient (Wildman–Crippen LogP) is -0.458. The lowest BCUT2D eigenvalue weighted by Crippen LogP contribution is -2.52. The first-order valence-electron chi connectivity index (χ1n) is 3.80. The van der Waals surface area contributed by atoms with E-state index in [-0.39, 0.29) is 17.6 Å². The normalized spacial score (nSPS) is 49.2. The van der Waals surface area contributed by atoms with Crippen molar-refractivity contribution in [1.29, 1.82) is 0 Å². The van der Waals surface area contributed by atoms with Crippen molar-refractivity contribution in [2.75, 3.05) is 0 Å². The summed E-state index contributed by atoms with van der Waals surface area (Å²) in [7, 11) is 0. The van der Waals surface area contributed by atoms with E-state index in [1.54, 1.807) is 0 Å². The maximum atomic E-state index is 5.90. The standard InChI is InChI=1S/C7H17N3/c1-7(10)3-5(8)2-6(9)4-7/h5-6H,2-4,8-10H2,1H3. The van der Waals surface area contributed by atoms with Crippen LogP contribution < -0.4 is 17.2 Å². The van der Waals surface area contributed by atoms with Crippen molar-refractivity contribution in [2.24, 2.45) is 17.2 Å². The smallest absolute Gasteiger partial charge is 0.0155 e. The van der Waals surface area contributed by atoms with E-state index < -0.39 is 0 Å². The van der Waals surface area contributed by atoms with Gasteiger partial charge in [-0.2, -0.15) is 0 Å². The summed E-state index contributed by atoms with van der Waals surface area (Å²) < 4.78 is 0. The summed E-state index contributed by atoms with van der Waals surface area (Å²) >= 11 is 0. The lowest BCUT2D eigenvalue weighted by molar-refractivity contribution is 0.263. The zero-order valence-corrected chi connectivity index (χ0v) is 6.51. The van der Waals surface area contributed by atoms with Crippen LogP contribution in [0.3, 0.4) is 0 Å². The average molecular weight is 143 g/mol. The van der Waals surface area contributed by atoms with Gasteiger partial charge in [0, 0.05) is 17.6 Å². The molecule has 0 bridgehead atoms. The van der Waals surface area contributed by atoms with Crippen molar-refractivity contribution in [3.63, 3.8) is 0 Å². The lowest BCUT2D eigenvalue weighted by Gasteiger charge is -2.36. The Hall–Kier alpha value is -0.120. The summed E-state index contributed by atoms with van der Waals surface area (Å²) in [6.45, 7) is 2.02. The second-order valence-corrected chi connectivity index (χ2v) is 3.82. The third kappa shape index (κ3) is 1.94. The SMILES string of the molecule is CC1(N)CC(N)CC(N)C1. The summed E-state index contributed by atoms with van der Waals surface area (Å²) in [6, 6.07) is 0.414. The van der Waals surface area contributed by atoms with Crippen LogP contribution in [-0.2, 0) is 0 Å². The fraction of sp³-hybridized carbons (Fsp3) is 1.00. The highest BCUT2D eigenvalue weighted by atomic mass is 14.8. The summed E-state index contributed by atoms with van der Waals surface area (Å²) in [5.74, 6) is 0. The van der Waals surface area contributed by atoms with Crippen LogP contribution in [0.25, 0.3) is 0 Å². The maximum Gasteiger partial charge on any atom is 0.0155 e. The molecule has 3 nitrogen and oxygen atoms in total. The summed E-state index contributed by atoms with van der Waals surface area (Å²) in [5.41, 5.74) is 17.3. The summed E-state index contributed by atoms with van der Waals surface area (Å²) in [6.07, 6.45) is 2.73. The van der Waals surface area contributed by atoms with Gasteiger partial charge in [-0.25, -0.2) is 0 Å². The van der Waals surface area contributed by atoms with Crippen molar-refractivity contribution in [3.05, 3.63) is 0 Å². The van der Waals surface area contributed by atoms with Gasteiger partial charge in [0.15, 0.2) is 0 Å². The van der Waals surface area contributed by atoms with Gasteiger partial charge in [-0.15, -0.1) is 0 Å². The van der Waals surface area contributed by atoms with Crippen LogP contribution in [0.5, 0.6) is 0 Å². The van der Waals surface area contributed by atoms with Gasteiger partial charge in [0.2, 0.25) is 0 Å². The molecule has 0 heterocycles. The molecule has 0 aromatic carbocycles. The molecule has 0 saturated heterocycles. The van der Waals surface area contributed by atoms with Crippen LogP contribution in [0.1, 0.15) is 26.2 Å². The van der Waals surface area contributed by atoms with E-state index in [0.29, 0.717) is 0 Å². The molecule has 1 saturated carbocycles. The van der Waals surface area contributed by atoms with Gasteiger partial charge in [-0.3, -0.25) is 0 Å². The van der Waals surface area contributed by atoms with Crippen LogP contribution >= 0.6 is 0 Å². The van der Waals surface area contributed by atoms with E-state index in [1.165, 1.54) is 0 Å². The minimum Gasteiger partial charge on any atom is -0.328 e. The van der Waals surface area contributed by atoms with E-state index in [0.717, 1.165) is 19.3 Å². The monoisotopic (exact) mass is 143 g/mol. The molecule has 0 radical (unpaired) electrons. The molecule has 6 N–H and O–H groups in total. The third-order valence-electron chi connectivity index (χ3n) is 2.06. The van der Waals surface area contributed by atoms with Crippen molar-refractivity contribution < 1.29 is 0 Å². The number of hydrogen-bond donors (Lipinski definition) is 3. The zero-order valence-electron chi connectivity index (χ0n) is 6.51. The summed E-state index contributed by atoms with van der Waals surface area (Å²) in [4.78, 5) is 0.